The number of likely N-dealkylation sites (N-methyl/N-ethyl adjacent to an activating group) is 1. The molecule has 3 rings (SSSR count). The van der Waals surface area contributed by atoms with Crippen molar-refractivity contribution in [3.05, 3.63) is 40.8 Å². The van der Waals surface area contributed by atoms with Crippen LogP contribution >= 0.6 is 15.9 Å². The van der Waals surface area contributed by atoms with Gasteiger partial charge in [-0.2, -0.15) is 5.26 Å². The van der Waals surface area contributed by atoms with Crippen LogP contribution in [0.3, 0.4) is 0 Å². The molecule has 2 aromatic rings. The lowest BCUT2D eigenvalue weighted by atomic mass is 10.2. The minimum atomic E-state index is -0.504. The maximum absolute atomic E-state index is 12.3. The fourth-order valence-electron chi connectivity index (χ4n) is 2.60. The van der Waals surface area contributed by atoms with Crippen molar-refractivity contribution < 1.29 is 14.3 Å². The molecule has 1 atom stereocenters. The largest absolute Gasteiger partial charge is 0.489 e. The highest BCUT2D eigenvalue weighted by Crippen LogP contribution is 2.29. The number of carbonyl (C=O) groups excluding carboxylic acids is 1. The van der Waals surface area contributed by atoms with Crippen LogP contribution in [0.2, 0.25) is 0 Å². The van der Waals surface area contributed by atoms with Gasteiger partial charge < -0.3 is 19.7 Å². The van der Waals surface area contributed by atoms with Gasteiger partial charge in [0.25, 0.3) is 0 Å². The van der Waals surface area contributed by atoms with E-state index in [2.05, 4.69) is 41.4 Å². The van der Waals surface area contributed by atoms with Crippen molar-refractivity contribution in [2.24, 2.45) is 0 Å². The van der Waals surface area contributed by atoms with Gasteiger partial charge in [-0.25, -0.2) is 14.8 Å². The summed E-state index contributed by atoms with van der Waals surface area (Å²) < 4.78 is 12.4. The second kappa shape index (κ2) is 9.45. The van der Waals surface area contributed by atoms with Gasteiger partial charge in [-0.05, 0) is 25.2 Å². The Hall–Kier alpha value is -2.74. The maximum atomic E-state index is 12.3. The van der Waals surface area contributed by atoms with Crippen LogP contribution < -0.4 is 15.4 Å². The number of hydrogen-bond acceptors (Lipinski definition) is 7. The van der Waals surface area contributed by atoms with E-state index in [9.17, 15) is 4.79 Å². The molecule has 2 heterocycles. The molecular formula is C18H19BrN6O3. The second-order valence-electron chi connectivity index (χ2n) is 6.18. The quantitative estimate of drug-likeness (QED) is 0.724. The highest BCUT2D eigenvalue weighted by Gasteiger charge is 2.19. The van der Waals surface area contributed by atoms with E-state index in [1.165, 1.54) is 12.4 Å². The van der Waals surface area contributed by atoms with Gasteiger partial charge in [-0.15, -0.1) is 0 Å². The molecule has 9 nitrogen and oxygen atoms in total. The highest BCUT2D eigenvalue weighted by molar-refractivity contribution is 9.10. The Morgan fingerprint density at radius 2 is 2.29 bits per heavy atom. The smallest absolute Gasteiger partial charge is 0.325 e. The molecule has 2 amide bonds. The number of carbonyl (C=O) groups is 1. The van der Waals surface area contributed by atoms with E-state index in [1.54, 1.807) is 12.1 Å². The number of ether oxygens (including phenoxy) is 2. The first-order chi connectivity index (χ1) is 13.5. The number of nitriles is 1. The molecular weight excluding hydrogens is 428 g/mol. The van der Waals surface area contributed by atoms with Crippen LogP contribution in [0.1, 0.15) is 5.69 Å². The van der Waals surface area contributed by atoms with Crippen molar-refractivity contribution in [1.29, 1.82) is 5.26 Å². The monoisotopic (exact) mass is 446 g/mol. The number of benzene rings is 1. The number of rotatable bonds is 5. The number of urea groups is 1. The van der Waals surface area contributed by atoms with E-state index >= 15 is 0 Å². The lowest BCUT2D eigenvalue weighted by molar-refractivity contribution is -0.0402. The number of amides is 2. The predicted molar refractivity (Wildman–Crippen MR) is 106 cm³/mol. The summed E-state index contributed by atoms with van der Waals surface area (Å²) in [5, 5.41) is 14.0. The molecule has 10 heteroatoms. The molecule has 0 saturated carbocycles. The van der Waals surface area contributed by atoms with Crippen molar-refractivity contribution in [1.82, 2.24) is 14.9 Å². The van der Waals surface area contributed by atoms with Crippen LogP contribution in [-0.2, 0) is 4.74 Å². The van der Waals surface area contributed by atoms with Crippen LogP contribution in [0, 0.1) is 11.3 Å². The Labute approximate surface area is 170 Å². The molecule has 146 valence electrons. The van der Waals surface area contributed by atoms with Crippen LogP contribution in [-0.4, -0.2) is 60.4 Å². The maximum Gasteiger partial charge on any atom is 0.325 e. The lowest BCUT2D eigenvalue weighted by Gasteiger charge is -2.30. The Bertz CT molecular complexity index is 871. The van der Waals surface area contributed by atoms with Gasteiger partial charge >= 0.3 is 6.03 Å². The fourth-order valence-corrected chi connectivity index (χ4v) is 2.96. The molecule has 1 aliphatic heterocycles. The molecule has 0 aliphatic carbocycles. The predicted octanol–water partition coefficient (Wildman–Crippen LogP) is 2.46. The van der Waals surface area contributed by atoms with Gasteiger partial charge in [-0.1, -0.05) is 15.9 Å². The summed E-state index contributed by atoms with van der Waals surface area (Å²) in [6.45, 7) is 2.74. The first-order valence-electron chi connectivity index (χ1n) is 8.56. The van der Waals surface area contributed by atoms with Crippen molar-refractivity contribution in [2.45, 2.75) is 6.10 Å². The van der Waals surface area contributed by atoms with Crippen LogP contribution in [0.25, 0.3) is 0 Å². The topological polar surface area (TPSA) is 112 Å². The molecule has 28 heavy (non-hydrogen) atoms. The summed E-state index contributed by atoms with van der Waals surface area (Å²) >= 11 is 3.39. The van der Waals surface area contributed by atoms with Crippen molar-refractivity contribution >= 4 is 33.5 Å². The first-order valence-corrected chi connectivity index (χ1v) is 9.35. The Kier molecular flexibility index (Phi) is 6.76. The molecule has 1 aromatic heterocycles. The normalized spacial score (nSPS) is 16.8. The number of anilines is 2. The molecule has 0 bridgehead atoms. The standard InChI is InChI=1S/C18H19BrN6O3/c1-25-4-5-27-14(10-25)11-28-16-3-2-12(19)6-15(16)23-18(26)24-17-9-21-13(7-20)8-22-17/h2-3,6,8-9,14H,4-5,10-11H2,1H3,(H2,22,23,24,26)/t14-/m1/s1. The number of aromatic nitrogens is 2. The van der Waals surface area contributed by atoms with Gasteiger partial charge in [0.2, 0.25) is 0 Å². The third kappa shape index (κ3) is 5.63. The minimum Gasteiger partial charge on any atom is -0.489 e. The summed E-state index contributed by atoms with van der Waals surface area (Å²) in [6, 6.07) is 6.71. The zero-order valence-corrected chi connectivity index (χ0v) is 16.8. The average Bonchev–Trinajstić information content (AvgIpc) is 2.68. The third-order valence-corrected chi connectivity index (χ3v) is 4.46. The molecule has 1 saturated heterocycles. The van der Waals surface area contributed by atoms with Crippen molar-refractivity contribution in [3.8, 4) is 11.8 Å². The van der Waals surface area contributed by atoms with Gasteiger partial charge in [0.1, 0.15) is 24.5 Å². The molecule has 1 fully saturated rings. The second-order valence-corrected chi connectivity index (χ2v) is 7.10. The fraction of sp³-hybridized carbons (Fsp3) is 0.333. The van der Waals surface area contributed by atoms with E-state index < -0.39 is 6.03 Å². The first kappa shape index (κ1) is 20.0. The lowest BCUT2D eigenvalue weighted by Crippen LogP contribution is -2.42. The zero-order chi connectivity index (χ0) is 19.9. The van der Waals surface area contributed by atoms with Crippen LogP contribution in [0.4, 0.5) is 16.3 Å². The number of halogens is 1. The van der Waals surface area contributed by atoms with Crippen LogP contribution in [0.15, 0.2) is 35.1 Å². The Morgan fingerprint density at radius 3 is 3.00 bits per heavy atom. The van der Waals surface area contributed by atoms with E-state index in [-0.39, 0.29) is 17.6 Å². The SMILES string of the molecule is CN1CCO[C@@H](COc2ccc(Br)cc2NC(=O)Nc2cnc(C#N)cn2)C1. The summed E-state index contributed by atoms with van der Waals surface area (Å²) in [4.78, 5) is 22.3. The summed E-state index contributed by atoms with van der Waals surface area (Å²) in [7, 11) is 2.04. The molecule has 1 aromatic carbocycles. The summed E-state index contributed by atoms with van der Waals surface area (Å²) in [5.74, 6) is 0.758. The van der Waals surface area contributed by atoms with Crippen LogP contribution in [0.5, 0.6) is 5.75 Å². The minimum absolute atomic E-state index is 0.0296. The molecule has 0 unspecified atom stereocenters. The van der Waals surface area contributed by atoms with E-state index in [0.717, 1.165) is 17.6 Å². The number of nitrogens with one attached hydrogen (secondary N) is 2. The summed E-state index contributed by atoms with van der Waals surface area (Å²) in [5.41, 5.74) is 0.668. The zero-order valence-electron chi connectivity index (χ0n) is 15.2. The highest BCUT2D eigenvalue weighted by atomic mass is 79.9. The van der Waals surface area contributed by atoms with Gasteiger partial charge in [0.05, 0.1) is 24.7 Å². The molecule has 0 spiro atoms. The molecule has 0 radical (unpaired) electrons. The van der Waals surface area contributed by atoms with Gasteiger partial charge in [0.15, 0.2) is 11.5 Å². The molecule has 2 N–H and O–H groups in total. The van der Waals surface area contributed by atoms with Gasteiger partial charge in [0, 0.05) is 17.6 Å². The number of hydrogen-bond donors (Lipinski definition) is 2. The van der Waals surface area contributed by atoms with E-state index in [4.69, 9.17) is 14.7 Å². The van der Waals surface area contributed by atoms with E-state index in [0.29, 0.717) is 24.7 Å². The average molecular weight is 447 g/mol. The van der Waals surface area contributed by atoms with E-state index in [1.807, 2.05) is 19.2 Å². The number of nitrogens with zero attached hydrogens (tertiary/aromatic N) is 4. The number of morpholine rings is 1. The third-order valence-electron chi connectivity index (χ3n) is 3.96. The Balaban J connectivity index is 1.62. The Morgan fingerprint density at radius 1 is 1.43 bits per heavy atom. The van der Waals surface area contributed by atoms with Crippen molar-refractivity contribution in [2.75, 3.05) is 44.0 Å². The summed E-state index contributed by atoms with van der Waals surface area (Å²) in [6.07, 6.45) is 2.57. The molecule has 1 aliphatic rings. The van der Waals surface area contributed by atoms with Gasteiger partial charge in [-0.3, -0.25) is 5.32 Å². The van der Waals surface area contributed by atoms with Crippen molar-refractivity contribution in [3.63, 3.8) is 0 Å².